The van der Waals surface area contributed by atoms with E-state index < -0.39 is 11.6 Å². The summed E-state index contributed by atoms with van der Waals surface area (Å²) in [5.74, 6) is -0.790. The predicted molar refractivity (Wildman–Crippen MR) is 83.5 cm³/mol. The van der Waals surface area contributed by atoms with Gasteiger partial charge in [-0.05, 0) is 33.2 Å². The molecule has 0 aliphatic carbocycles. The highest BCUT2D eigenvalue weighted by Gasteiger charge is 2.06. The summed E-state index contributed by atoms with van der Waals surface area (Å²) in [5, 5.41) is 6.07. The molecule has 1 heterocycles. The van der Waals surface area contributed by atoms with Crippen LogP contribution in [-0.4, -0.2) is 42.1 Å². The van der Waals surface area contributed by atoms with E-state index in [2.05, 4.69) is 25.5 Å². The summed E-state index contributed by atoms with van der Waals surface area (Å²) in [7, 11) is 3.98. The van der Waals surface area contributed by atoms with Gasteiger partial charge in [-0.2, -0.15) is 4.98 Å². The van der Waals surface area contributed by atoms with E-state index in [1.807, 2.05) is 27.1 Å². The van der Waals surface area contributed by atoms with Crippen molar-refractivity contribution in [1.29, 1.82) is 0 Å². The molecule has 5 nitrogen and oxygen atoms in total. The van der Waals surface area contributed by atoms with Crippen LogP contribution in [0.1, 0.15) is 5.69 Å². The highest BCUT2D eigenvalue weighted by Crippen LogP contribution is 2.18. The van der Waals surface area contributed by atoms with Gasteiger partial charge in [0.05, 0.1) is 0 Å². The molecule has 0 atom stereocenters. The zero-order chi connectivity index (χ0) is 16.1. The van der Waals surface area contributed by atoms with Gasteiger partial charge in [0.15, 0.2) is 11.6 Å². The number of halogens is 2. The number of rotatable bonds is 6. The van der Waals surface area contributed by atoms with Crippen LogP contribution in [0.2, 0.25) is 0 Å². The molecule has 0 spiro atoms. The lowest BCUT2D eigenvalue weighted by Gasteiger charge is -2.12. The first-order valence-corrected chi connectivity index (χ1v) is 6.90. The molecule has 22 heavy (non-hydrogen) atoms. The van der Waals surface area contributed by atoms with Crippen molar-refractivity contribution in [2.24, 2.45) is 0 Å². The van der Waals surface area contributed by atoms with Gasteiger partial charge >= 0.3 is 0 Å². The molecule has 0 amide bonds. The Bertz CT molecular complexity index is 646. The van der Waals surface area contributed by atoms with Crippen LogP contribution < -0.4 is 10.6 Å². The van der Waals surface area contributed by atoms with Crippen LogP contribution in [-0.2, 0) is 0 Å². The normalized spacial score (nSPS) is 10.8. The quantitative estimate of drug-likeness (QED) is 0.859. The van der Waals surface area contributed by atoms with E-state index in [-0.39, 0.29) is 0 Å². The first kappa shape index (κ1) is 16.1. The summed E-state index contributed by atoms with van der Waals surface area (Å²) in [6.07, 6.45) is 0. The second-order valence-electron chi connectivity index (χ2n) is 5.20. The molecule has 0 bridgehead atoms. The molecule has 0 saturated carbocycles. The zero-order valence-electron chi connectivity index (χ0n) is 12.8. The topological polar surface area (TPSA) is 53.1 Å². The van der Waals surface area contributed by atoms with E-state index in [0.29, 0.717) is 17.5 Å². The molecular weight excluding hydrogens is 288 g/mol. The van der Waals surface area contributed by atoms with Crippen LogP contribution in [0.3, 0.4) is 0 Å². The zero-order valence-corrected chi connectivity index (χ0v) is 12.8. The van der Waals surface area contributed by atoms with Gasteiger partial charge in [-0.3, -0.25) is 0 Å². The van der Waals surface area contributed by atoms with Crippen molar-refractivity contribution in [1.82, 2.24) is 14.9 Å². The van der Waals surface area contributed by atoms with E-state index >= 15 is 0 Å². The molecule has 0 unspecified atom stereocenters. The number of aryl methyl sites for hydroxylation is 1. The van der Waals surface area contributed by atoms with E-state index in [1.54, 1.807) is 0 Å². The maximum atomic E-state index is 13.2. The molecule has 2 rings (SSSR count). The Morgan fingerprint density at radius 2 is 1.86 bits per heavy atom. The van der Waals surface area contributed by atoms with E-state index in [1.165, 1.54) is 6.07 Å². The van der Waals surface area contributed by atoms with Gasteiger partial charge in [0.1, 0.15) is 5.82 Å². The standard InChI is InChI=1S/C15H19F2N5/c1-10-8-14(18-6-7-22(2)3)21-15(19-10)20-11-4-5-12(16)13(17)9-11/h4-5,8-9H,6-7H2,1-3H3,(H2,18,19,20,21). The molecule has 0 aliphatic rings. The number of hydrogen-bond acceptors (Lipinski definition) is 5. The summed E-state index contributed by atoms with van der Waals surface area (Å²) >= 11 is 0. The second kappa shape index (κ2) is 7.13. The number of nitrogens with one attached hydrogen (secondary N) is 2. The van der Waals surface area contributed by atoms with Gasteiger partial charge in [0.25, 0.3) is 0 Å². The van der Waals surface area contributed by atoms with Crippen LogP contribution in [0, 0.1) is 18.6 Å². The van der Waals surface area contributed by atoms with Crippen molar-refractivity contribution >= 4 is 17.5 Å². The Hall–Kier alpha value is -2.28. The highest BCUT2D eigenvalue weighted by atomic mass is 19.2. The van der Waals surface area contributed by atoms with Crippen molar-refractivity contribution in [3.63, 3.8) is 0 Å². The number of nitrogens with zero attached hydrogens (tertiary/aromatic N) is 3. The number of anilines is 3. The fourth-order valence-electron chi connectivity index (χ4n) is 1.83. The van der Waals surface area contributed by atoms with Gasteiger partial charge in [-0.1, -0.05) is 0 Å². The maximum absolute atomic E-state index is 13.2. The van der Waals surface area contributed by atoms with E-state index in [4.69, 9.17) is 0 Å². The molecule has 7 heteroatoms. The van der Waals surface area contributed by atoms with Crippen LogP contribution in [0.4, 0.5) is 26.2 Å². The van der Waals surface area contributed by atoms with Crippen molar-refractivity contribution in [2.45, 2.75) is 6.92 Å². The number of likely N-dealkylation sites (N-methyl/N-ethyl adjacent to an activating group) is 1. The largest absolute Gasteiger partial charge is 0.369 e. The van der Waals surface area contributed by atoms with Gasteiger partial charge in [-0.15, -0.1) is 0 Å². The molecule has 2 N–H and O–H groups in total. The SMILES string of the molecule is Cc1cc(NCCN(C)C)nc(Nc2ccc(F)c(F)c2)n1. The van der Waals surface area contributed by atoms with Crippen LogP contribution in [0.25, 0.3) is 0 Å². The van der Waals surface area contributed by atoms with Crippen LogP contribution >= 0.6 is 0 Å². The van der Waals surface area contributed by atoms with Gasteiger partial charge < -0.3 is 15.5 Å². The lowest BCUT2D eigenvalue weighted by molar-refractivity contribution is 0.425. The lowest BCUT2D eigenvalue weighted by atomic mass is 10.3. The number of hydrogen-bond donors (Lipinski definition) is 2. The molecule has 0 saturated heterocycles. The Morgan fingerprint density at radius 3 is 2.55 bits per heavy atom. The molecule has 118 valence electrons. The lowest BCUT2D eigenvalue weighted by Crippen LogP contribution is -2.21. The predicted octanol–water partition coefficient (Wildman–Crippen LogP) is 2.78. The number of aromatic nitrogens is 2. The van der Waals surface area contributed by atoms with Crippen LogP contribution in [0.5, 0.6) is 0 Å². The third kappa shape index (κ3) is 4.63. The maximum Gasteiger partial charge on any atom is 0.229 e. The van der Waals surface area contributed by atoms with Crippen molar-refractivity contribution in [3.8, 4) is 0 Å². The summed E-state index contributed by atoms with van der Waals surface area (Å²) < 4.78 is 26.1. The van der Waals surface area contributed by atoms with Gasteiger partial charge in [-0.25, -0.2) is 13.8 Å². The fraction of sp³-hybridized carbons (Fsp3) is 0.333. The highest BCUT2D eigenvalue weighted by molar-refractivity contribution is 5.55. The summed E-state index contributed by atoms with van der Waals surface area (Å²) in [6, 6.07) is 5.39. The Labute approximate surface area is 128 Å². The molecule has 1 aromatic heterocycles. The first-order valence-electron chi connectivity index (χ1n) is 6.90. The summed E-state index contributed by atoms with van der Waals surface area (Å²) in [6.45, 7) is 3.46. The Balaban J connectivity index is 2.10. The minimum absolute atomic E-state index is 0.332. The first-order chi connectivity index (χ1) is 10.4. The van der Waals surface area contributed by atoms with Crippen molar-refractivity contribution in [3.05, 3.63) is 41.6 Å². The van der Waals surface area contributed by atoms with Crippen molar-refractivity contribution < 1.29 is 8.78 Å². The summed E-state index contributed by atoms with van der Waals surface area (Å²) in [5.41, 5.74) is 1.16. The number of benzene rings is 1. The third-order valence-electron chi connectivity index (χ3n) is 2.90. The van der Waals surface area contributed by atoms with E-state index in [9.17, 15) is 8.78 Å². The summed E-state index contributed by atoms with van der Waals surface area (Å²) in [4.78, 5) is 10.6. The molecular formula is C15H19F2N5. The molecule has 1 aromatic carbocycles. The second-order valence-corrected chi connectivity index (χ2v) is 5.20. The monoisotopic (exact) mass is 307 g/mol. The third-order valence-corrected chi connectivity index (χ3v) is 2.90. The fourth-order valence-corrected chi connectivity index (χ4v) is 1.83. The molecule has 2 aromatic rings. The van der Waals surface area contributed by atoms with E-state index in [0.717, 1.165) is 30.9 Å². The minimum Gasteiger partial charge on any atom is -0.369 e. The van der Waals surface area contributed by atoms with Crippen molar-refractivity contribution in [2.75, 3.05) is 37.8 Å². The molecule has 0 fully saturated rings. The Morgan fingerprint density at radius 1 is 1.09 bits per heavy atom. The minimum atomic E-state index is -0.915. The van der Waals surface area contributed by atoms with Gasteiger partial charge in [0, 0.05) is 36.6 Å². The Kier molecular flexibility index (Phi) is 5.21. The molecule has 0 radical (unpaired) electrons. The van der Waals surface area contributed by atoms with Crippen LogP contribution in [0.15, 0.2) is 24.3 Å². The molecule has 0 aliphatic heterocycles. The average molecular weight is 307 g/mol. The smallest absolute Gasteiger partial charge is 0.229 e. The average Bonchev–Trinajstić information content (AvgIpc) is 2.42. The van der Waals surface area contributed by atoms with Gasteiger partial charge in [0.2, 0.25) is 5.95 Å².